The molecule has 160 valence electrons. The number of carbonyl (C=O) groups is 1. The third kappa shape index (κ3) is 4.74. The number of aryl methyl sites for hydroxylation is 2. The van der Waals surface area contributed by atoms with Gasteiger partial charge in [-0.3, -0.25) is 5.10 Å². The summed E-state index contributed by atoms with van der Waals surface area (Å²) in [5, 5.41) is 14.2. The van der Waals surface area contributed by atoms with Crippen LogP contribution < -0.4 is 10.1 Å². The Morgan fingerprint density at radius 2 is 2.03 bits per heavy atom. The molecule has 0 atom stereocenters. The topological polar surface area (TPSA) is 97.2 Å². The molecule has 0 radical (unpaired) electrons. The van der Waals surface area contributed by atoms with Crippen LogP contribution in [-0.2, 0) is 11.4 Å². The van der Waals surface area contributed by atoms with Crippen molar-refractivity contribution in [1.82, 2.24) is 24.8 Å². The predicted molar refractivity (Wildman–Crippen MR) is 119 cm³/mol. The minimum Gasteiger partial charge on any atom is -0.487 e. The van der Waals surface area contributed by atoms with Crippen LogP contribution in [0.15, 0.2) is 42.7 Å². The number of aldehydes is 1. The Morgan fingerprint density at radius 1 is 1.26 bits per heavy atom. The van der Waals surface area contributed by atoms with E-state index in [1.165, 1.54) is 0 Å². The Kier molecular flexibility index (Phi) is 5.97. The van der Waals surface area contributed by atoms with E-state index in [9.17, 15) is 4.79 Å². The van der Waals surface area contributed by atoms with Crippen LogP contribution in [0.25, 0.3) is 16.8 Å². The number of hydrogen-bond acceptors (Lipinski definition) is 6. The lowest BCUT2D eigenvalue weighted by atomic mass is 10.0. The number of H-pyrrole nitrogens is 1. The van der Waals surface area contributed by atoms with E-state index in [1.807, 2.05) is 25.4 Å². The maximum atomic E-state index is 9.57. The quantitative estimate of drug-likeness (QED) is 0.460. The number of fused-ring (bicyclic) bond motifs is 1. The van der Waals surface area contributed by atoms with E-state index < -0.39 is 0 Å². The fourth-order valence-corrected chi connectivity index (χ4v) is 3.32. The van der Waals surface area contributed by atoms with Crippen molar-refractivity contribution in [3.05, 3.63) is 59.5 Å². The van der Waals surface area contributed by atoms with Crippen molar-refractivity contribution in [2.75, 3.05) is 12.4 Å². The lowest BCUT2D eigenvalue weighted by Gasteiger charge is -2.14. The predicted octanol–water partition coefficient (Wildman–Crippen LogP) is 3.95. The number of benzene rings is 1. The first-order chi connectivity index (χ1) is 15.1. The largest absolute Gasteiger partial charge is 0.487 e. The molecule has 0 bridgehead atoms. The van der Waals surface area contributed by atoms with Gasteiger partial charge >= 0.3 is 0 Å². The highest BCUT2D eigenvalue weighted by Gasteiger charge is 2.19. The number of anilines is 1. The van der Waals surface area contributed by atoms with Gasteiger partial charge in [-0.05, 0) is 73.7 Å². The van der Waals surface area contributed by atoms with Crippen LogP contribution in [0.5, 0.6) is 5.75 Å². The number of aromatic amines is 1. The van der Waals surface area contributed by atoms with Gasteiger partial charge in [-0.25, -0.2) is 4.52 Å². The maximum Gasteiger partial charge on any atom is 0.242 e. The van der Waals surface area contributed by atoms with Crippen molar-refractivity contribution in [1.29, 1.82) is 0 Å². The van der Waals surface area contributed by atoms with E-state index in [4.69, 9.17) is 4.74 Å². The summed E-state index contributed by atoms with van der Waals surface area (Å²) in [5.74, 6) is 1.95. The zero-order valence-electron chi connectivity index (χ0n) is 17.9. The van der Waals surface area contributed by atoms with Crippen molar-refractivity contribution in [2.24, 2.45) is 5.92 Å². The van der Waals surface area contributed by atoms with Gasteiger partial charge in [-0.1, -0.05) is 0 Å². The standard InChI is InChI=1S/C19H20N6O.C4H6O/c1-12-9-14(10-13(2)17(12)26-11-15-6-7-21-23-15)16-5-4-8-25-18(16)22-19(20-3)24-25;5-3-4-1-2-4/h4-10H,11H2,1-3H3,(H,20,24)(H,21,23);3-4H,1-2H2. The first-order valence-electron chi connectivity index (χ1n) is 10.3. The maximum absolute atomic E-state index is 9.57. The molecule has 4 aromatic rings. The fraction of sp³-hybridized carbons (Fsp3) is 0.304. The van der Waals surface area contributed by atoms with Crippen molar-refractivity contribution in [3.63, 3.8) is 0 Å². The highest BCUT2D eigenvalue weighted by Crippen LogP contribution is 2.32. The number of rotatable bonds is 6. The van der Waals surface area contributed by atoms with Crippen LogP contribution in [0.4, 0.5) is 5.95 Å². The molecule has 0 amide bonds. The van der Waals surface area contributed by atoms with Crippen molar-refractivity contribution >= 4 is 17.9 Å². The van der Waals surface area contributed by atoms with Crippen LogP contribution in [0.3, 0.4) is 0 Å². The molecule has 1 aliphatic carbocycles. The van der Waals surface area contributed by atoms with E-state index in [-0.39, 0.29) is 0 Å². The van der Waals surface area contributed by atoms with Gasteiger partial charge in [-0.15, -0.1) is 5.10 Å². The molecule has 5 rings (SSSR count). The van der Waals surface area contributed by atoms with Gasteiger partial charge in [0.05, 0.1) is 5.69 Å². The van der Waals surface area contributed by atoms with Crippen LogP contribution in [0.1, 0.15) is 29.7 Å². The molecule has 8 nitrogen and oxygen atoms in total. The molecule has 3 heterocycles. The number of nitrogens with one attached hydrogen (secondary N) is 2. The van der Waals surface area contributed by atoms with E-state index in [0.29, 0.717) is 18.5 Å². The number of hydrogen-bond donors (Lipinski definition) is 2. The molecule has 0 saturated heterocycles. The van der Waals surface area contributed by atoms with Gasteiger partial charge in [0.25, 0.3) is 0 Å². The van der Waals surface area contributed by atoms with Crippen LogP contribution in [0, 0.1) is 19.8 Å². The second kappa shape index (κ2) is 8.99. The van der Waals surface area contributed by atoms with Crippen LogP contribution >= 0.6 is 0 Å². The monoisotopic (exact) mass is 418 g/mol. The second-order valence-corrected chi connectivity index (χ2v) is 7.66. The molecule has 1 saturated carbocycles. The third-order valence-electron chi connectivity index (χ3n) is 5.10. The van der Waals surface area contributed by atoms with Gasteiger partial charge in [0.15, 0.2) is 5.65 Å². The zero-order valence-corrected chi connectivity index (χ0v) is 17.9. The molecule has 2 N–H and O–H groups in total. The van der Waals surface area contributed by atoms with E-state index in [0.717, 1.165) is 58.5 Å². The first-order valence-corrected chi connectivity index (χ1v) is 10.3. The molecular weight excluding hydrogens is 392 g/mol. The Bertz CT molecular complexity index is 1160. The van der Waals surface area contributed by atoms with Crippen molar-refractivity contribution in [3.8, 4) is 16.9 Å². The van der Waals surface area contributed by atoms with E-state index >= 15 is 0 Å². The summed E-state index contributed by atoms with van der Waals surface area (Å²) < 4.78 is 7.78. The smallest absolute Gasteiger partial charge is 0.242 e. The average molecular weight is 419 g/mol. The van der Waals surface area contributed by atoms with Gasteiger partial charge in [0.2, 0.25) is 5.95 Å². The highest BCUT2D eigenvalue weighted by atomic mass is 16.5. The minimum atomic E-state index is 0.454. The minimum absolute atomic E-state index is 0.454. The Balaban J connectivity index is 0.000000407. The Labute approximate surface area is 180 Å². The van der Waals surface area contributed by atoms with Crippen molar-refractivity contribution < 1.29 is 9.53 Å². The number of aromatic nitrogens is 5. The molecule has 0 spiro atoms. The molecule has 0 unspecified atom stereocenters. The number of ether oxygens (including phenoxy) is 1. The number of carbonyl (C=O) groups excluding carboxylic acids is 1. The Hall–Kier alpha value is -3.68. The summed E-state index contributed by atoms with van der Waals surface area (Å²) >= 11 is 0. The van der Waals surface area contributed by atoms with Gasteiger partial charge in [0.1, 0.15) is 18.6 Å². The molecule has 31 heavy (non-hydrogen) atoms. The molecule has 3 aromatic heterocycles. The number of pyridine rings is 1. The Morgan fingerprint density at radius 3 is 2.61 bits per heavy atom. The summed E-state index contributed by atoms with van der Waals surface area (Å²) in [4.78, 5) is 14.1. The first kappa shape index (κ1) is 20.6. The second-order valence-electron chi connectivity index (χ2n) is 7.66. The van der Waals surface area contributed by atoms with Crippen LogP contribution in [-0.4, -0.2) is 38.1 Å². The van der Waals surface area contributed by atoms with E-state index in [2.05, 4.69) is 57.6 Å². The van der Waals surface area contributed by atoms with Crippen LogP contribution in [0.2, 0.25) is 0 Å². The fourth-order valence-electron chi connectivity index (χ4n) is 3.32. The summed E-state index contributed by atoms with van der Waals surface area (Å²) in [5.41, 5.74) is 6.05. The lowest BCUT2D eigenvalue weighted by molar-refractivity contribution is -0.108. The summed E-state index contributed by atoms with van der Waals surface area (Å²) in [6.07, 6.45) is 6.93. The normalized spacial score (nSPS) is 12.9. The molecule has 1 aliphatic rings. The molecular formula is C23H26N6O2. The molecule has 1 fully saturated rings. The van der Waals surface area contributed by atoms with Gasteiger partial charge in [-0.2, -0.15) is 10.1 Å². The lowest BCUT2D eigenvalue weighted by Crippen LogP contribution is -2.00. The van der Waals surface area contributed by atoms with Gasteiger partial charge < -0.3 is 14.8 Å². The zero-order chi connectivity index (χ0) is 21.8. The summed E-state index contributed by atoms with van der Waals surface area (Å²) in [6, 6.07) is 10.2. The highest BCUT2D eigenvalue weighted by molar-refractivity contribution is 5.79. The molecule has 8 heteroatoms. The molecule has 1 aromatic carbocycles. The van der Waals surface area contributed by atoms with E-state index in [1.54, 1.807) is 10.7 Å². The van der Waals surface area contributed by atoms with Crippen molar-refractivity contribution in [2.45, 2.75) is 33.3 Å². The third-order valence-corrected chi connectivity index (χ3v) is 5.10. The average Bonchev–Trinajstić information content (AvgIpc) is 3.29. The van der Waals surface area contributed by atoms with Gasteiger partial charge in [0, 0.05) is 30.9 Å². The summed E-state index contributed by atoms with van der Waals surface area (Å²) in [6.45, 7) is 4.58. The summed E-state index contributed by atoms with van der Waals surface area (Å²) in [7, 11) is 1.81. The SMILES string of the molecule is CNc1nc2c(-c3cc(C)c(OCc4ccn[nH]4)c(C)c3)cccn2n1.O=CC1CC1. The molecule has 0 aliphatic heterocycles. The number of nitrogens with zero attached hydrogens (tertiary/aromatic N) is 4.